The molecule has 25 heavy (non-hydrogen) atoms. The van der Waals surface area contributed by atoms with Gasteiger partial charge in [-0.3, -0.25) is 4.79 Å². The van der Waals surface area contributed by atoms with Gasteiger partial charge in [0.05, 0.1) is 29.2 Å². The number of benzene rings is 1. The lowest BCUT2D eigenvalue weighted by molar-refractivity contribution is -0.389. The molecule has 0 unspecified atom stereocenters. The van der Waals surface area contributed by atoms with Crippen LogP contribution in [0.5, 0.6) is 5.75 Å². The van der Waals surface area contributed by atoms with Crippen LogP contribution in [0.4, 0.5) is 5.82 Å². The summed E-state index contributed by atoms with van der Waals surface area (Å²) < 4.78 is 6.63. The van der Waals surface area contributed by atoms with Crippen molar-refractivity contribution >= 4 is 17.4 Å². The largest absolute Gasteiger partial charge is 0.494 e. The van der Waals surface area contributed by atoms with Crippen molar-refractivity contribution in [2.24, 2.45) is 5.10 Å². The molecule has 1 N–H and O–H groups in total. The molecular weight excluding hydrogens is 326 g/mol. The van der Waals surface area contributed by atoms with Gasteiger partial charge in [0.2, 0.25) is 0 Å². The summed E-state index contributed by atoms with van der Waals surface area (Å²) in [5.74, 6) is 0.0459. The first-order chi connectivity index (χ1) is 11.9. The van der Waals surface area contributed by atoms with Crippen LogP contribution in [0.1, 0.15) is 25.1 Å². The zero-order valence-corrected chi connectivity index (χ0v) is 14.2. The fourth-order valence-electron chi connectivity index (χ4n) is 2.08. The minimum Gasteiger partial charge on any atom is -0.494 e. The van der Waals surface area contributed by atoms with Crippen molar-refractivity contribution in [2.75, 3.05) is 6.61 Å². The number of carbonyl (C=O) groups is 1. The number of hydrazone groups is 1. The van der Waals surface area contributed by atoms with E-state index < -0.39 is 10.8 Å². The summed E-state index contributed by atoms with van der Waals surface area (Å²) in [6.45, 7) is 5.75. The average Bonchev–Trinajstić information content (AvgIpc) is 2.95. The Hall–Kier alpha value is -3.23. The lowest BCUT2D eigenvalue weighted by atomic mass is 10.1. The molecule has 9 heteroatoms. The van der Waals surface area contributed by atoms with Gasteiger partial charge < -0.3 is 14.9 Å². The Morgan fingerprint density at radius 2 is 2.08 bits per heavy atom. The fourth-order valence-corrected chi connectivity index (χ4v) is 2.08. The summed E-state index contributed by atoms with van der Waals surface area (Å²) in [5, 5.41) is 18.5. The summed E-state index contributed by atoms with van der Waals surface area (Å²) in [7, 11) is 0. The molecule has 2 aromatic rings. The zero-order valence-electron chi connectivity index (χ0n) is 14.2. The molecule has 0 radical (unpaired) electrons. The molecular formula is C16H19N5O4. The van der Waals surface area contributed by atoms with Crippen LogP contribution in [0.3, 0.4) is 0 Å². The molecule has 0 spiro atoms. The van der Waals surface area contributed by atoms with Crippen molar-refractivity contribution in [1.29, 1.82) is 0 Å². The van der Waals surface area contributed by atoms with Crippen LogP contribution in [0.2, 0.25) is 0 Å². The van der Waals surface area contributed by atoms with Crippen molar-refractivity contribution in [3.63, 3.8) is 0 Å². The second kappa shape index (κ2) is 8.04. The smallest absolute Gasteiger partial charge is 0.390 e. The molecule has 0 saturated heterocycles. The highest BCUT2D eigenvalue weighted by molar-refractivity contribution is 5.99. The minimum atomic E-state index is -0.602. The van der Waals surface area contributed by atoms with Crippen LogP contribution in [-0.2, 0) is 11.3 Å². The number of carbonyl (C=O) groups excluding carboxylic acids is 1. The maximum absolute atomic E-state index is 11.9. The highest BCUT2D eigenvalue weighted by Crippen LogP contribution is 2.13. The van der Waals surface area contributed by atoms with Crippen molar-refractivity contribution in [3.8, 4) is 5.75 Å². The number of hydrogen-bond acceptors (Lipinski definition) is 6. The third kappa shape index (κ3) is 4.87. The Kier molecular flexibility index (Phi) is 5.83. The van der Waals surface area contributed by atoms with Gasteiger partial charge in [0.25, 0.3) is 5.91 Å². The van der Waals surface area contributed by atoms with E-state index in [0.29, 0.717) is 18.0 Å². The monoisotopic (exact) mass is 345 g/mol. The number of ether oxygens (including phenoxy) is 1. The van der Waals surface area contributed by atoms with E-state index in [4.69, 9.17) is 4.74 Å². The first-order valence-corrected chi connectivity index (χ1v) is 7.66. The quantitative estimate of drug-likeness (QED) is 0.469. The van der Waals surface area contributed by atoms with Gasteiger partial charge in [-0.05, 0) is 55.5 Å². The summed E-state index contributed by atoms with van der Waals surface area (Å²) >= 11 is 0. The fraction of sp³-hybridized carbons (Fsp3) is 0.312. The number of hydrogen-bond donors (Lipinski definition) is 1. The maximum Gasteiger partial charge on any atom is 0.390 e. The van der Waals surface area contributed by atoms with E-state index in [9.17, 15) is 14.9 Å². The molecule has 1 aromatic heterocycles. The molecule has 0 fully saturated rings. The van der Waals surface area contributed by atoms with Gasteiger partial charge >= 0.3 is 5.82 Å². The molecule has 1 heterocycles. The van der Waals surface area contributed by atoms with Crippen molar-refractivity contribution < 1.29 is 14.5 Å². The number of aromatic nitrogens is 2. The SMILES string of the molecule is CCOc1ccc(C(C)=NNC(=O)Cn2nc([N+](=O)[O-])cc2C)cc1. The Labute approximate surface area is 144 Å². The Morgan fingerprint density at radius 1 is 1.40 bits per heavy atom. The minimum absolute atomic E-state index is 0.153. The molecule has 1 amide bonds. The predicted octanol–water partition coefficient (Wildman–Crippen LogP) is 2.04. The zero-order chi connectivity index (χ0) is 18.4. The van der Waals surface area contributed by atoms with Crippen LogP contribution < -0.4 is 10.2 Å². The standard InChI is InChI=1S/C16H19N5O4/c1-4-25-14-7-5-13(6-8-14)12(3)17-18-16(22)10-20-11(2)9-15(19-20)21(23)24/h5-9H,4,10H2,1-3H3,(H,18,22). The topological polar surface area (TPSA) is 112 Å². The van der Waals surface area contributed by atoms with E-state index in [0.717, 1.165) is 11.3 Å². The van der Waals surface area contributed by atoms with Gasteiger partial charge in [0.15, 0.2) is 0 Å². The number of rotatable bonds is 7. The Morgan fingerprint density at radius 3 is 2.64 bits per heavy atom. The van der Waals surface area contributed by atoms with Crippen LogP contribution in [0, 0.1) is 17.0 Å². The maximum atomic E-state index is 11.9. The van der Waals surface area contributed by atoms with E-state index in [1.54, 1.807) is 13.8 Å². The van der Waals surface area contributed by atoms with Crippen molar-refractivity contribution in [1.82, 2.24) is 15.2 Å². The normalized spacial score (nSPS) is 11.2. The molecule has 0 saturated carbocycles. The first kappa shape index (κ1) is 18.1. The highest BCUT2D eigenvalue weighted by Gasteiger charge is 2.17. The molecule has 0 aliphatic rings. The molecule has 0 bridgehead atoms. The Bertz CT molecular complexity index is 795. The van der Waals surface area contributed by atoms with Gasteiger partial charge in [-0.15, -0.1) is 0 Å². The van der Waals surface area contributed by atoms with Crippen LogP contribution in [-0.4, -0.2) is 32.9 Å². The second-order valence-corrected chi connectivity index (χ2v) is 5.25. The van der Waals surface area contributed by atoms with E-state index in [1.807, 2.05) is 31.2 Å². The predicted molar refractivity (Wildman–Crippen MR) is 91.6 cm³/mol. The number of aryl methyl sites for hydroxylation is 1. The number of nitrogens with one attached hydrogen (secondary N) is 1. The lowest BCUT2D eigenvalue weighted by Gasteiger charge is -2.05. The van der Waals surface area contributed by atoms with Crippen molar-refractivity contribution in [3.05, 3.63) is 51.7 Å². The van der Waals surface area contributed by atoms with Gasteiger partial charge in [-0.1, -0.05) is 0 Å². The van der Waals surface area contributed by atoms with Crippen LogP contribution >= 0.6 is 0 Å². The third-order valence-electron chi connectivity index (χ3n) is 3.38. The molecule has 132 valence electrons. The number of nitrogens with zero attached hydrogens (tertiary/aromatic N) is 4. The lowest BCUT2D eigenvalue weighted by Crippen LogP contribution is -2.25. The van der Waals surface area contributed by atoms with Gasteiger partial charge in [0, 0.05) is 0 Å². The summed E-state index contributed by atoms with van der Waals surface area (Å²) in [6, 6.07) is 8.65. The van der Waals surface area contributed by atoms with E-state index in [-0.39, 0.29) is 12.4 Å². The average molecular weight is 345 g/mol. The second-order valence-electron chi connectivity index (χ2n) is 5.25. The molecule has 0 aliphatic heterocycles. The van der Waals surface area contributed by atoms with Gasteiger partial charge in [-0.25, -0.2) is 5.43 Å². The molecule has 9 nitrogen and oxygen atoms in total. The van der Waals surface area contributed by atoms with E-state index in [1.165, 1.54) is 10.7 Å². The summed E-state index contributed by atoms with van der Waals surface area (Å²) in [4.78, 5) is 22.0. The number of amides is 1. The van der Waals surface area contributed by atoms with Crippen LogP contribution in [0.25, 0.3) is 0 Å². The molecule has 1 aromatic carbocycles. The molecule has 2 rings (SSSR count). The summed E-state index contributed by atoms with van der Waals surface area (Å²) in [5.41, 5.74) is 4.41. The summed E-state index contributed by atoms with van der Waals surface area (Å²) in [6.07, 6.45) is 0. The van der Waals surface area contributed by atoms with E-state index >= 15 is 0 Å². The molecule has 0 atom stereocenters. The first-order valence-electron chi connectivity index (χ1n) is 7.66. The van der Waals surface area contributed by atoms with Gasteiger partial charge in [-0.2, -0.15) is 9.78 Å². The third-order valence-corrected chi connectivity index (χ3v) is 3.38. The Balaban J connectivity index is 1.98. The number of nitro groups is 1. The van der Waals surface area contributed by atoms with Gasteiger partial charge in [0.1, 0.15) is 12.3 Å². The highest BCUT2D eigenvalue weighted by atomic mass is 16.6. The van der Waals surface area contributed by atoms with Crippen LogP contribution in [0.15, 0.2) is 35.4 Å². The molecule has 0 aliphatic carbocycles. The van der Waals surface area contributed by atoms with Crippen molar-refractivity contribution in [2.45, 2.75) is 27.3 Å². The van der Waals surface area contributed by atoms with E-state index in [2.05, 4.69) is 15.6 Å².